The van der Waals surface area contributed by atoms with Crippen LogP contribution in [0.15, 0.2) is 45.3 Å². The molecule has 3 N–H and O–H groups in total. The number of rotatable bonds is 4. The molecule has 0 atom stereocenters. The molecule has 21 heavy (non-hydrogen) atoms. The first kappa shape index (κ1) is 15.9. The number of ether oxygens (including phenoxy) is 1. The summed E-state index contributed by atoms with van der Waals surface area (Å²) >= 11 is 6.81. The van der Waals surface area contributed by atoms with Gasteiger partial charge in [-0.05, 0) is 69.1 Å². The number of halogens is 2. The van der Waals surface area contributed by atoms with Crippen LogP contribution in [-0.2, 0) is 0 Å². The van der Waals surface area contributed by atoms with Crippen LogP contribution in [0, 0.1) is 0 Å². The fraction of sp³-hybridized carbons (Fsp3) is 0.133. The number of benzene rings is 2. The van der Waals surface area contributed by atoms with Crippen molar-refractivity contribution in [1.29, 1.82) is 0 Å². The van der Waals surface area contributed by atoms with E-state index in [1.807, 2.05) is 25.1 Å². The first-order valence-corrected chi connectivity index (χ1v) is 7.89. The molecule has 2 aromatic carbocycles. The zero-order chi connectivity index (χ0) is 15.4. The lowest BCUT2D eigenvalue weighted by Gasteiger charge is -2.11. The normalized spacial score (nSPS) is 10.2. The van der Waals surface area contributed by atoms with Gasteiger partial charge in [0.25, 0.3) is 5.91 Å². The van der Waals surface area contributed by atoms with Crippen molar-refractivity contribution < 1.29 is 9.53 Å². The summed E-state index contributed by atoms with van der Waals surface area (Å²) in [6, 6.07) is 10.6. The van der Waals surface area contributed by atoms with Gasteiger partial charge in [-0.2, -0.15) is 0 Å². The van der Waals surface area contributed by atoms with Crippen molar-refractivity contribution in [2.45, 2.75) is 6.92 Å². The third-order valence-corrected chi connectivity index (χ3v) is 4.09. The van der Waals surface area contributed by atoms with E-state index in [1.165, 1.54) is 0 Å². The van der Waals surface area contributed by atoms with Gasteiger partial charge in [-0.15, -0.1) is 0 Å². The van der Waals surface area contributed by atoms with Crippen molar-refractivity contribution in [2.24, 2.45) is 0 Å². The Balaban J connectivity index is 2.23. The van der Waals surface area contributed by atoms with Crippen molar-refractivity contribution in [1.82, 2.24) is 0 Å². The Labute approximate surface area is 139 Å². The Hall–Kier alpha value is -1.53. The molecule has 2 aromatic rings. The highest BCUT2D eigenvalue weighted by Crippen LogP contribution is 2.31. The van der Waals surface area contributed by atoms with Crippen LogP contribution < -0.4 is 15.8 Å². The summed E-state index contributed by atoms with van der Waals surface area (Å²) in [5, 5.41) is 2.84. The molecule has 0 bridgehead atoms. The number of hydrogen-bond donors (Lipinski definition) is 2. The maximum atomic E-state index is 12.3. The summed E-state index contributed by atoms with van der Waals surface area (Å²) in [6.45, 7) is 2.41. The predicted molar refractivity (Wildman–Crippen MR) is 91.8 cm³/mol. The quantitative estimate of drug-likeness (QED) is 0.728. The Morgan fingerprint density at radius 2 is 1.90 bits per heavy atom. The van der Waals surface area contributed by atoms with E-state index in [1.54, 1.807) is 18.2 Å². The molecule has 2 rings (SSSR count). The highest BCUT2D eigenvalue weighted by atomic mass is 79.9. The van der Waals surface area contributed by atoms with Gasteiger partial charge in [0.2, 0.25) is 0 Å². The molecule has 0 fully saturated rings. The second-order valence-electron chi connectivity index (χ2n) is 4.24. The summed E-state index contributed by atoms with van der Waals surface area (Å²) in [4.78, 5) is 12.3. The summed E-state index contributed by atoms with van der Waals surface area (Å²) < 4.78 is 6.95. The van der Waals surface area contributed by atoms with Gasteiger partial charge in [-0.1, -0.05) is 6.07 Å². The van der Waals surface area contributed by atoms with E-state index in [2.05, 4.69) is 37.2 Å². The van der Waals surface area contributed by atoms with E-state index >= 15 is 0 Å². The molecule has 110 valence electrons. The molecule has 1 amide bonds. The number of carbonyl (C=O) groups excluding carboxylic acids is 1. The van der Waals surface area contributed by atoms with Crippen molar-refractivity contribution in [3.05, 3.63) is 50.9 Å². The summed E-state index contributed by atoms with van der Waals surface area (Å²) in [6.07, 6.45) is 0. The van der Waals surface area contributed by atoms with Crippen molar-refractivity contribution in [3.63, 3.8) is 0 Å². The van der Waals surface area contributed by atoms with Crippen LogP contribution in [0.3, 0.4) is 0 Å². The third-order valence-electron chi connectivity index (χ3n) is 2.77. The fourth-order valence-corrected chi connectivity index (χ4v) is 2.98. The van der Waals surface area contributed by atoms with Crippen molar-refractivity contribution in [3.8, 4) is 5.75 Å². The second kappa shape index (κ2) is 6.95. The summed E-state index contributed by atoms with van der Waals surface area (Å²) in [7, 11) is 0. The number of hydrogen-bond acceptors (Lipinski definition) is 3. The number of para-hydroxylation sites is 1. The first-order valence-electron chi connectivity index (χ1n) is 6.30. The van der Waals surface area contributed by atoms with Crippen LogP contribution in [-0.4, -0.2) is 12.5 Å². The molecule has 6 heteroatoms. The van der Waals surface area contributed by atoms with Crippen molar-refractivity contribution in [2.75, 3.05) is 17.7 Å². The molecule has 0 spiro atoms. The maximum Gasteiger partial charge on any atom is 0.255 e. The van der Waals surface area contributed by atoms with Crippen molar-refractivity contribution >= 4 is 49.1 Å². The molecule has 0 saturated carbocycles. The smallest absolute Gasteiger partial charge is 0.255 e. The topological polar surface area (TPSA) is 64.3 Å². The van der Waals surface area contributed by atoms with Crippen LogP contribution in [0.4, 0.5) is 11.4 Å². The molecule has 0 heterocycles. The van der Waals surface area contributed by atoms with Crippen LogP contribution in [0.1, 0.15) is 17.3 Å². The van der Waals surface area contributed by atoms with E-state index in [9.17, 15) is 4.79 Å². The number of carbonyl (C=O) groups is 1. The minimum absolute atomic E-state index is 0.239. The zero-order valence-corrected chi connectivity index (χ0v) is 14.5. The van der Waals surface area contributed by atoms with Gasteiger partial charge in [0.05, 0.1) is 18.0 Å². The molecular weight excluding hydrogens is 400 g/mol. The zero-order valence-electron chi connectivity index (χ0n) is 11.3. The lowest BCUT2D eigenvalue weighted by molar-refractivity contribution is 0.102. The van der Waals surface area contributed by atoms with Gasteiger partial charge >= 0.3 is 0 Å². The predicted octanol–water partition coefficient (Wildman–Crippen LogP) is 4.44. The highest BCUT2D eigenvalue weighted by molar-refractivity contribution is 9.11. The maximum absolute atomic E-state index is 12.3. The number of nitrogens with two attached hydrogens (primary N) is 1. The number of nitrogens with one attached hydrogen (secondary N) is 1. The van der Waals surface area contributed by atoms with E-state index in [0.717, 1.165) is 8.95 Å². The monoisotopic (exact) mass is 412 g/mol. The first-order chi connectivity index (χ1) is 10.0. The molecule has 0 radical (unpaired) electrons. The number of anilines is 2. The molecule has 0 saturated heterocycles. The molecule has 0 aromatic heterocycles. The Kier molecular flexibility index (Phi) is 5.25. The largest absolute Gasteiger partial charge is 0.492 e. The average molecular weight is 414 g/mol. The fourth-order valence-electron chi connectivity index (χ4n) is 1.78. The van der Waals surface area contributed by atoms with Gasteiger partial charge in [-0.25, -0.2) is 0 Å². The van der Waals surface area contributed by atoms with E-state index in [4.69, 9.17) is 10.5 Å². The second-order valence-corrected chi connectivity index (χ2v) is 5.95. The van der Waals surface area contributed by atoms with E-state index in [-0.39, 0.29) is 5.91 Å². The summed E-state index contributed by atoms with van der Waals surface area (Å²) in [5.74, 6) is 0.341. The molecule has 0 aliphatic rings. The Bertz CT molecular complexity index is 654. The Morgan fingerprint density at radius 1 is 1.24 bits per heavy atom. The average Bonchev–Trinajstić information content (AvgIpc) is 2.45. The van der Waals surface area contributed by atoms with Crippen LogP contribution in [0.2, 0.25) is 0 Å². The minimum Gasteiger partial charge on any atom is -0.492 e. The molecule has 4 nitrogen and oxygen atoms in total. The third kappa shape index (κ3) is 3.77. The minimum atomic E-state index is -0.239. The van der Waals surface area contributed by atoms with E-state index < -0.39 is 0 Å². The van der Waals surface area contributed by atoms with Crippen LogP contribution >= 0.6 is 31.9 Å². The number of amides is 1. The highest BCUT2D eigenvalue weighted by Gasteiger charge is 2.12. The van der Waals surface area contributed by atoms with Crippen LogP contribution in [0.25, 0.3) is 0 Å². The van der Waals surface area contributed by atoms with Gasteiger partial charge in [0, 0.05) is 14.5 Å². The van der Waals surface area contributed by atoms with E-state index in [0.29, 0.717) is 29.3 Å². The SMILES string of the molecule is CCOc1ccc(C(=O)Nc2c(Br)cccc2Br)cc1N. The Morgan fingerprint density at radius 3 is 2.48 bits per heavy atom. The van der Waals surface area contributed by atoms with Crippen LogP contribution in [0.5, 0.6) is 5.75 Å². The standard InChI is InChI=1S/C15H14Br2N2O2/c1-2-21-13-7-6-9(8-12(13)18)15(20)19-14-10(16)4-3-5-11(14)17/h3-8H,2,18H2,1H3,(H,19,20). The number of nitrogen functional groups attached to an aromatic ring is 1. The van der Waals surface area contributed by atoms with Gasteiger partial charge in [0.1, 0.15) is 5.75 Å². The van der Waals surface area contributed by atoms with Gasteiger partial charge < -0.3 is 15.8 Å². The summed E-state index contributed by atoms with van der Waals surface area (Å²) in [5.41, 5.74) is 7.46. The lowest BCUT2D eigenvalue weighted by Crippen LogP contribution is -2.13. The molecule has 0 aliphatic carbocycles. The molecular formula is C15H14Br2N2O2. The molecule has 0 aliphatic heterocycles. The lowest BCUT2D eigenvalue weighted by atomic mass is 10.1. The van der Waals surface area contributed by atoms with Gasteiger partial charge in [-0.3, -0.25) is 4.79 Å². The molecule has 0 unspecified atom stereocenters. The van der Waals surface area contributed by atoms with Gasteiger partial charge in [0.15, 0.2) is 0 Å².